The summed E-state index contributed by atoms with van der Waals surface area (Å²) in [4.78, 5) is 12.5. The number of nitrogens with zero attached hydrogens (tertiary/aromatic N) is 2. The standard InChI is InChI=1S/C13H16N2O/c1-10-4-5-12(8-11(10)2)6-7-15(3)13(16)9-14/h4-5,8H,6-7H2,1-3H3. The molecule has 0 atom stereocenters. The number of carbonyl (C=O) groups is 1. The molecule has 0 fully saturated rings. The highest BCUT2D eigenvalue weighted by Crippen LogP contribution is 2.10. The summed E-state index contributed by atoms with van der Waals surface area (Å²) in [6.07, 6.45) is 0.783. The van der Waals surface area contributed by atoms with Gasteiger partial charge in [0.1, 0.15) is 0 Å². The largest absolute Gasteiger partial charge is 0.333 e. The van der Waals surface area contributed by atoms with Crippen LogP contribution in [0.1, 0.15) is 16.7 Å². The zero-order chi connectivity index (χ0) is 12.1. The molecule has 0 aliphatic heterocycles. The molecular weight excluding hydrogens is 200 g/mol. The molecule has 0 aliphatic rings. The van der Waals surface area contributed by atoms with Crippen molar-refractivity contribution in [2.45, 2.75) is 20.3 Å². The van der Waals surface area contributed by atoms with Gasteiger partial charge in [-0.25, -0.2) is 0 Å². The molecule has 0 aliphatic carbocycles. The highest BCUT2D eigenvalue weighted by molar-refractivity contribution is 5.90. The molecule has 1 aromatic carbocycles. The fraction of sp³-hybridized carbons (Fsp3) is 0.385. The Labute approximate surface area is 96.3 Å². The minimum absolute atomic E-state index is 0.483. The number of aryl methyl sites for hydroxylation is 2. The van der Waals surface area contributed by atoms with E-state index < -0.39 is 5.91 Å². The first-order valence-electron chi connectivity index (χ1n) is 5.26. The topological polar surface area (TPSA) is 44.1 Å². The molecule has 0 aromatic heterocycles. The maximum atomic E-state index is 11.0. The van der Waals surface area contributed by atoms with Crippen molar-refractivity contribution >= 4 is 5.91 Å². The molecule has 16 heavy (non-hydrogen) atoms. The van der Waals surface area contributed by atoms with Gasteiger partial charge in [-0.2, -0.15) is 5.26 Å². The van der Waals surface area contributed by atoms with E-state index in [1.54, 1.807) is 13.1 Å². The summed E-state index contributed by atoms with van der Waals surface area (Å²) in [7, 11) is 1.65. The highest BCUT2D eigenvalue weighted by Gasteiger charge is 2.06. The lowest BCUT2D eigenvalue weighted by Crippen LogP contribution is -2.27. The van der Waals surface area contributed by atoms with Gasteiger partial charge in [-0.1, -0.05) is 18.2 Å². The first-order chi connectivity index (χ1) is 7.54. The van der Waals surface area contributed by atoms with Gasteiger partial charge in [0.25, 0.3) is 0 Å². The van der Waals surface area contributed by atoms with Gasteiger partial charge in [0.05, 0.1) is 0 Å². The van der Waals surface area contributed by atoms with E-state index in [0.29, 0.717) is 6.54 Å². The van der Waals surface area contributed by atoms with Crippen LogP contribution < -0.4 is 0 Å². The molecule has 3 nitrogen and oxygen atoms in total. The number of hydrogen-bond acceptors (Lipinski definition) is 2. The SMILES string of the molecule is Cc1ccc(CCN(C)C(=O)C#N)cc1C. The van der Waals surface area contributed by atoms with Crippen LogP contribution in [0.4, 0.5) is 0 Å². The van der Waals surface area contributed by atoms with Gasteiger partial charge in [-0.3, -0.25) is 4.79 Å². The van der Waals surface area contributed by atoms with Crippen molar-refractivity contribution in [3.63, 3.8) is 0 Å². The molecule has 0 N–H and O–H groups in total. The molecule has 0 saturated heterocycles. The molecule has 0 saturated carbocycles. The molecule has 0 bridgehead atoms. The molecule has 0 radical (unpaired) electrons. The summed E-state index contributed by atoms with van der Waals surface area (Å²) in [6.45, 7) is 4.72. The minimum Gasteiger partial charge on any atom is -0.333 e. The van der Waals surface area contributed by atoms with E-state index in [1.807, 2.05) is 0 Å². The summed E-state index contributed by atoms with van der Waals surface area (Å²) in [5.41, 5.74) is 3.72. The molecule has 1 rings (SSSR count). The Hall–Kier alpha value is -1.82. The third-order valence-electron chi connectivity index (χ3n) is 2.75. The number of rotatable bonds is 3. The predicted octanol–water partition coefficient (Wildman–Crippen LogP) is 1.83. The van der Waals surface area contributed by atoms with Crippen molar-refractivity contribution < 1.29 is 4.79 Å². The third-order valence-corrected chi connectivity index (χ3v) is 2.75. The second-order valence-corrected chi connectivity index (χ2v) is 4.01. The van der Waals surface area contributed by atoms with E-state index >= 15 is 0 Å². The summed E-state index contributed by atoms with van der Waals surface area (Å²) in [5, 5.41) is 8.44. The van der Waals surface area contributed by atoms with Gasteiger partial charge in [-0.05, 0) is 37.0 Å². The van der Waals surface area contributed by atoms with Gasteiger partial charge in [-0.15, -0.1) is 0 Å². The lowest BCUT2D eigenvalue weighted by atomic mass is 10.0. The lowest BCUT2D eigenvalue weighted by molar-refractivity contribution is -0.124. The average Bonchev–Trinajstić information content (AvgIpc) is 2.29. The fourth-order valence-electron chi connectivity index (χ4n) is 1.44. The van der Waals surface area contributed by atoms with Crippen molar-refractivity contribution in [1.29, 1.82) is 5.26 Å². The van der Waals surface area contributed by atoms with Crippen molar-refractivity contribution in [1.82, 2.24) is 4.90 Å². The molecule has 0 unspecified atom stereocenters. The van der Waals surface area contributed by atoms with Crippen LogP contribution in [-0.4, -0.2) is 24.4 Å². The second kappa shape index (κ2) is 5.32. The summed E-state index contributed by atoms with van der Waals surface area (Å²) >= 11 is 0. The predicted molar refractivity (Wildman–Crippen MR) is 62.9 cm³/mol. The van der Waals surface area contributed by atoms with Crippen LogP contribution in [0.15, 0.2) is 18.2 Å². The lowest BCUT2D eigenvalue weighted by Gasteiger charge is -2.13. The summed E-state index contributed by atoms with van der Waals surface area (Å²) in [5.74, 6) is -0.483. The number of benzene rings is 1. The number of nitriles is 1. The van der Waals surface area contributed by atoms with Gasteiger partial charge in [0.2, 0.25) is 0 Å². The van der Waals surface area contributed by atoms with E-state index in [2.05, 4.69) is 32.0 Å². The number of likely N-dealkylation sites (N-methyl/N-ethyl adjacent to an activating group) is 1. The van der Waals surface area contributed by atoms with Gasteiger partial charge >= 0.3 is 5.91 Å². The first-order valence-corrected chi connectivity index (χ1v) is 5.26. The van der Waals surface area contributed by atoms with Crippen LogP contribution in [0.3, 0.4) is 0 Å². The minimum atomic E-state index is -0.483. The van der Waals surface area contributed by atoms with E-state index in [4.69, 9.17) is 5.26 Å². The quantitative estimate of drug-likeness (QED) is 0.723. The number of amides is 1. The van der Waals surface area contributed by atoms with Crippen molar-refractivity contribution in [3.8, 4) is 6.07 Å². The maximum Gasteiger partial charge on any atom is 0.324 e. The zero-order valence-corrected chi connectivity index (χ0v) is 9.95. The van der Waals surface area contributed by atoms with Gasteiger partial charge < -0.3 is 4.90 Å². The van der Waals surface area contributed by atoms with Gasteiger partial charge in [0.15, 0.2) is 6.07 Å². The zero-order valence-electron chi connectivity index (χ0n) is 9.95. The number of carbonyl (C=O) groups excluding carboxylic acids is 1. The molecule has 1 amide bonds. The summed E-state index contributed by atoms with van der Waals surface area (Å²) < 4.78 is 0. The van der Waals surface area contributed by atoms with Crippen LogP contribution in [-0.2, 0) is 11.2 Å². The highest BCUT2D eigenvalue weighted by atomic mass is 16.2. The Morgan fingerprint density at radius 1 is 1.38 bits per heavy atom. The first kappa shape index (κ1) is 12.3. The van der Waals surface area contributed by atoms with Crippen molar-refractivity contribution in [3.05, 3.63) is 34.9 Å². The maximum absolute atomic E-state index is 11.0. The molecule has 3 heteroatoms. The molecule has 1 aromatic rings. The smallest absolute Gasteiger partial charge is 0.324 e. The fourth-order valence-corrected chi connectivity index (χ4v) is 1.44. The second-order valence-electron chi connectivity index (χ2n) is 4.01. The van der Waals surface area contributed by atoms with E-state index in [1.165, 1.54) is 21.6 Å². The van der Waals surface area contributed by atoms with Crippen LogP contribution in [0, 0.1) is 25.2 Å². The average molecular weight is 216 g/mol. The molecule has 84 valence electrons. The van der Waals surface area contributed by atoms with Crippen LogP contribution >= 0.6 is 0 Å². The van der Waals surface area contributed by atoms with Gasteiger partial charge in [0, 0.05) is 13.6 Å². The Morgan fingerprint density at radius 3 is 2.62 bits per heavy atom. The molecular formula is C13H16N2O. The third kappa shape index (κ3) is 3.09. The van der Waals surface area contributed by atoms with Crippen molar-refractivity contribution in [2.75, 3.05) is 13.6 Å². The normalized spacial score (nSPS) is 9.62. The van der Waals surface area contributed by atoms with Crippen LogP contribution in [0.25, 0.3) is 0 Å². The number of hydrogen-bond donors (Lipinski definition) is 0. The molecule has 0 heterocycles. The van der Waals surface area contributed by atoms with Crippen LogP contribution in [0.5, 0.6) is 0 Å². The van der Waals surface area contributed by atoms with E-state index in [0.717, 1.165) is 6.42 Å². The van der Waals surface area contributed by atoms with E-state index in [-0.39, 0.29) is 0 Å². The Morgan fingerprint density at radius 2 is 2.06 bits per heavy atom. The van der Waals surface area contributed by atoms with E-state index in [9.17, 15) is 4.79 Å². The Bertz CT molecular complexity index is 432. The molecule has 0 spiro atoms. The van der Waals surface area contributed by atoms with Crippen LogP contribution in [0.2, 0.25) is 0 Å². The Balaban J connectivity index is 2.59. The summed E-state index contributed by atoms with van der Waals surface area (Å²) in [6, 6.07) is 7.88. The Kier molecular flexibility index (Phi) is 4.07. The monoisotopic (exact) mass is 216 g/mol. The van der Waals surface area contributed by atoms with Crippen molar-refractivity contribution in [2.24, 2.45) is 0 Å².